The van der Waals surface area contributed by atoms with E-state index in [1.54, 1.807) is 0 Å². The standard InChI is InChI=1S/C34H58O/c1-11-12-15-35-28-20-23-18-26(31(23,6)7)34(28,10)33(9)25-17-22(30(25,4)5)19-27(33)32(8)14-13-21-16-24(32)29(21,2)3/h21-28H,11-20H2,1-10H3. The maximum Gasteiger partial charge on any atom is 0.0639 e. The monoisotopic (exact) mass is 482 g/mol. The summed E-state index contributed by atoms with van der Waals surface area (Å²) in [5.74, 6) is 6.25. The van der Waals surface area contributed by atoms with E-state index < -0.39 is 0 Å². The first kappa shape index (κ1) is 25.2. The number of unbranched alkanes of at least 4 members (excludes halogenated alkanes) is 1. The molecule has 0 aromatic carbocycles. The average Bonchev–Trinajstić information content (AvgIpc) is 2.79. The van der Waals surface area contributed by atoms with Crippen molar-refractivity contribution in [2.24, 2.45) is 73.9 Å². The summed E-state index contributed by atoms with van der Waals surface area (Å²) in [5.41, 5.74) is 2.67. The van der Waals surface area contributed by atoms with Gasteiger partial charge >= 0.3 is 0 Å². The van der Waals surface area contributed by atoms with E-state index in [2.05, 4.69) is 69.2 Å². The van der Waals surface area contributed by atoms with Crippen LogP contribution in [-0.4, -0.2) is 12.7 Å². The number of hydrogen-bond acceptors (Lipinski definition) is 1. The smallest absolute Gasteiger partial charge is 0.0639 e. The van der Waals surface area contributed by atoms with Crippen molar-refractivity contribution < 1.29 is 4.74 Å². The lowest BCUT2D eigenvalue weighted by atomic mass is 9.23. The van der Waals surface area contributed by atoms with Gasteiger partial charge in [-0.3, -0.25) is 0 Å². The third kappa shape index (κ3) is 2.77. The summed E-state index contributed by atoms with van der Waals surface area (Å²) in [7, 11) is 0. The van der Waals surface area contributed by atoms with Crippen LogP contribution < -0.4 is 0 Å². The molecule has 6 bridgehead atoms. The van der Waals surface area contributed by atoms with Gasteiger partial charge in [0.05, 0.1) is 6.10 Å². The van der Waals surface area contributed by atoms with Gasteiger partial charge in [-0.15, -0.1) is 0 Å². The van der Waals surface area contributed by atoms with Crippen LogP contribution in [0.3, 0.4) is 0 Å². The Morgan fingerprint density at radius 1 is 0.600 bits per heavy atom. The van der Waals surface area contributed by atoms with Crippen molar-refractivity contribution in [2.45, 2.75) is 133 Å². The quantitative estimate of drug-likeness (QED) is 0.343. The maximum absolute atomic E-state index is 7.03. The van der Waals surface area contributed by atoms with E-state index >= 15 is 0 Å². The van der Waals surface area contributed by atoms with Crippen molar-refractivity contribution in [3.05, 3.63) is 0 Å². The first-order valence-electron chi connectivity index (χ1n) is 15.8. The fourth-order valence-electron chi connectivity index (χ4n) is 13.1. The van der Waals surface area contributed by atoms with E-state index in [0.29, 0.717) is 33.2 Å². The molecule has 11 atom stereocenters. The predicted molar refractivity (Wildman–Crippen MR) is 147 cm³/mol. The van der Waals surface area contributed by atoms with Gasteiger partial charge in [0.1, 0.15) is 0 Å². The van der Waals surface area contributed by atoms with Crippen molar-refractivity contribution in [3.63, 3.8) is 0 Å². The van der Waals surface area contributed by atoms with Crippen LogP contribution in [-0.2, 0) is 4.74 Å². The van der Waals surface area contributed by atoms with E-state index in [4.69, 9.17) is 4.74 Å². The van der Waals surface area contributed by atoms with Gasteiger partial charge in [0, 0.05) is 12.0 Å². The second-order valence-electron chi connectivity index (χ2n) is 17.3. The lowest BCUT2D eigenvalue weighted by Crippen LogP contribution is -2.77. The first-order valence-corrected chi connectivity index (χ1v) is 15.8. The Kier molecular flexibility index (Phi) is 5.29. The fraction of sp³-hybridized carbons (Fsp3) is 1.00. The highest BCUT2D eigenvalue weighted by atomic mass is 16.5. The number of hydrogen-bond donors (Lipinski definition) is 0. The van der Waals surface area contributed by atoms with E-state index in [1.807, 2.05) is 0 Å². The van der Waals surface area contributed by atoms with Crippen LogP contribution in [0.2, 0.25) is 0 Å². The molecule has 11 unspecified atom stereocenters. The summed E-state index contributed by atoms with van der Waals surface area (Å²) < 4.78 is 7.03. The predicted octanol–water partition coefficient (Wildman–Crippen LogP) is 9.39. The Hall–Kier alpha value is -0.0400. The summed E-state index contributed by atoms with van der Waals surface area (Å²) in [5, 5.41) is 0. The molecule has 1 heteroatoms. The van der Waals surface area contributed by atoms with Gasteiger partial charge in [-0.05, 0) is 120 Å². The lowest BCUT2D eigenvalue weighted by Gasteiger charge is -2.81. The summed E-state index contributed by atoms with van der Waals surface area (Å²) in [6, 6.07) is 0. The highest BCUT2D eigenvalue weighted by Crippen LogP contribution is 2.83. The van der Waals surface area contributed by atoms with Crippen LogP contribution >= 0.6 is 0 Å². The second kappa shape index (κ2) is 7.33. The Morgan fingerprint density at radius 2 is 1.11 bits per heavy atom. The van der Waals surface area contributed by atoms with Gasteiger partial charge in [0.2, 0.25) is 0 Å². The molecular weight excluding hydrogens is 424 g/mol. The lowest BCUT2D eigenvalue weighted by molar-refractivity contribution is -0.349. The van der Waals surface area contributed by atoms with Gasteiger partial charge in [0.25, 0.3) is 0 Å². The molecule has 0 saturated heterocycles. The Bertz CT molecular complexity index is 866. The number of ether oxygens (including phenoxy) is 1. The zero-order valence-electron chi connectivity index (χ0n) is 25.1. The number of fused-ring (bicyclic) bond motifs is 8. The van der Waals surface area contributed by atoms with Crippen LogP contribution in [0.15, 0.2) is 0 Å². The largest absolute Gasteiger partial charge is 0.378 e. The van der Waals surface area contributed by atoms with E-state index in [1.165, 1.54) is 57.8 Å². The summed E-state index contributed by atoms with van der Waals surface area (Å²) in [4.78, 5) is 0. The molecule has 0 amide bonds. The molecule has 9 fully saturated rings. The average molecular weight is 483 g/mol. The summed E-state index contributed by atoms with van der Waals surface area (Å²) in [6.45, 7) is 27.6. The minimum Gasteiger partial charge on any atom is -0.378 e. The Morgan fingerprint density at radius 3 is 1.66 bits per heavy atom. The molecule has 0 heterocycles. The van der Waals surface area contributed by atoms with Crippen molar-refractivity contribution >= 4 is 0 Å². The molecular formula is C34H58O. The zero-order chi connectivity index (χ0) is 25.4. The van der Waals surface area contributed by atoms with Crippen molar-refractivity contribution in [1.82, 2.24) is 0 Å². The van der Waals surface area contributed by atoms with E-state index in [0.717, 1.165) is 48.0 Å². The molecule has 35 heavy (non-hydrogen) atoms. The van der Waals surface area contributed by atoms with Crippen molar-refractivity contribution in [3.8, 4) is 0 Å². The molecule has 0 aromatic heterocycles. The highest BCUT2D eigenvalue weighted by Gasteiger charge is 2.78. The Labute approximate surface area is 218 Å². The van der Waals surface area contributed by atoms with Crippen LogP contribution in [0.1, 0.15) is 127 Å². The molecule has 0 aromatic rings. The molecule has 0 N–H and O–H groups in total. The second-order valence-corrected chi connectivity index (χ2v) is 17.3. The molecule has 9 saturated carbocycles. The molecule has 9 rings (SSSR count). The van der Waals surface area contributed by atoms with Gasteiger partial charge in [-0.25, -0.2) is 0 Å². The van der Waals surface area contributed by atoms with Crippen LogP contribution in [0, 0.1) is 73.9 Å². The minimum atomic E-state index is 0.282. The third-order valence-electron chi connectivity index (χ3n) is 15.9. The maximum atomic E-state index is 7.03. The SMILES string of the molecule is CCCCOC1CC2CC(C2(C)C)C1(C)C1(C)C2CC(CC1C1(C)CCC3CC1C3(C)C)C2(C)C. The molecule has 1 nitrogen and oxygen atoms in total. The number of rotatable bonds is 6. The molecule has 9 aliphatic rings. The molecule has 0 radical (unpaired) electrons. The van der Waals surface area contributed by atoms with Gasteiger partial charge in [-0.2, -0.15) is 0 Å². The van der Waals surface area contributed by atoms with Crippen LogP contribution in [0.4, 0.5) is 0 Å². The van der Waals surface area contributed by atoms with Crippen molar-refractivity contribution in [1.29, 1.82) is 0 Å². The van der Waals surface area contributed by atoms with Gasteiger partial charge in [-0.1, -0.05) is 75.7 Å². The highest BCUT2D eigenvalue weighted by molar-refractivity contribution is 5.26. The Balaban J connectivity index is 1.47. The molecule has 9 aliphatic carbocycles. The van der Waals surface area contributed by atoms with Gasteiger partial charge in [0.15, 0.2) is 0 Å². The molecule has 200 valence electrons. The molecule has 0 aliphatic heterocycles. The van der Waals surface area contributed by atoms with Crippen LogP contribution in [0.25, 0.3) is 0 Å². The van der Waals surface area contributed by atoms with E-state index in [9.17, 15) is 0 Å². The zero-order valence-corrected chi connectivity index (χ0v) is 25.1. The molecule has 0 spiro atoms. The van der Waals surface area contributed by atoms with Crippen LogP contribution in [0.5, 0.6) is 0 Å². The third-order valence-corrected chi connectivity index (χ3v) is 15.9. The summed E-state index contributed by atoms with van der Waals surface area (Å²) in [6.07, 6.45) is 13.2. The van der Waals surface area contributed by atoms with Gasteiger partial charge < -0.3 is 4.74 Å². The van der Waals surface area contributed by atoms with E-state index in [-0.39, 0.29) is 5.41 Å². The summed E-state index contributed by atoms with van der Waals surface area (Å²) >= 11 is 0. The first-order chi connectivity index (χ1) is 16.2. The van der Waals surface area contributed by atoms with Crippen molar-refractivity contribution in [2.75, 3.05) is 6.61 Å². The minimum absolute atomic E-state index is 0.282. The fourth-order valence-corrected chi connectivity index (χ4v) is 13.1. The normalized spacial score (nSPS) is 56.4. The topological polar surface area (TPSA) is 9.23 Å².